The van der Waals surface area contributed by atoms with Gasteiger partial charge in [0, 0.05) is 6.04 Å². The summed E-state index contributed by atoms with van der Waals surface area (Å²) in [4.78, 5) is 31.6. The Morgan fingerprint density at radius 1 is 1.17 bits per heavy atom. The van der Waals surface area contributed by atoms with E-state index >= 15 is 0 Å². The number of hydrogen-bond donors (Lipinski definition) is 1. The molecule has 2 aromatic heterocycles. The first-order chi connectivity index (χ1) is 17.5. The van der Waals surface area contributed by atoms with Gasteiger partial charge >= 0.3 is 11.7 Å². The van der Waals surface area contributed by atoms with E-state index in [0.29, 0.717) is 28.2 Å². The van der Waals surface area contributed by atoms with E-state index in [9.17, 15) is 14.0 Å². The highest BCUT2D eigenvalue weighted by atomic mass is 19.1. The molecular formula is C26H24FN7O2. The monoisotopic (exact) mass is 485 g/mol. The standard InChI is InChI=1S/C26H24FN7O2/c1-17-23(24-29-16-30-34(24)21-11-9-18(15-28)10-12-21)33(25(35)31-20-6-2-3-7-20)26(36)32(17)22-8-4-5-19(13-22)14-27/h4-5,8-13,16,20H,2-3,6-7,14H2,1H3,(H,31,35). The van der Waals surface area contributed by atoms with Gasteiger partial charge in [-0.1, -0.05) is 25.0 Å². The molecule has 1 fully saturated rings. The Kier molecular flexibility index (Phi) is 6.21. The number of rotatable bonds is 5. The van der Waals surface area contributed by atoms with Gasteiger partial charge in [-0.15, -0.1) is 0 Å². The number of hydrogen-bond acceptors (Lipinski definition) is 5. The molecule has 182 valence electrons. The average Bonchev–Trinajstić information content (AvgIpc) is 3.64. The fourth-order valence-electron chi connectivity index (χ4n) is 4.72. The second-order valence-corrected chi connectivity index (χ2v) is 8.78. The van der Waals surface area contributed by atoms with E-state index in [1.807, 2.05) is 0 Å². The van der Waals surface area contributed by atoms with Crippen LogP contribution in [0.15, 0.2) is 59.7 Å². The Bertz CT molecular complexity index is 1520. The van der Waals surface area contributed by atoms with Crippen molar-refractivity contribution in [3.8, 4) is 29.0 Å². The van der Waals surface area contributed by atoms with Crippen molar-refractivity contribution in [2.24, 2.45) is 0 Å². The van der Waals surface area contributed by atoms with Crippen molar-refractivity contribution >= 4 is 6.03 Å². The third-order valence-corrected chi connectivity index (χ3v) is 6.49. The minimum Gasteiger partial charge on any atom is -0.335 e. The third kappa shape index (κ3) is 4.09. The molecule has 0 spiro atoms. The van der Waals surface area contributed by atoms with Crippen LogP contribution >= 0.6 is 0 Å². The lowest BCUT2D eigenvalue weighted by molar-refractivity contribution is 0.238. The zero-order chi connectivity index (χ0) is 25.2. The van der Waals surface area contributed by atoms with Crippen molar-refractivity contribution in [3.63, 3.8) is 0 Å². The molecule has 0 aliphatic heterocycles. The molecule has 10 heteroatoms. The largest absolute Gasteiger partial charge is 0.341 e. The number of nitrogens with one attached hydrogen (secondary N) is 1. The van der Waals surface area contributed by atoms with Crippen LogP contribution in [0.1, 0.15) is 42.5 Å². The lowest BCUT2D eigenvalue weighted by Crippen LogP contribution is -2.41. The highest BCUT2D eigenvalue weighted by Gasteiger charge is 2.29. The van der Waals surface area contributed by atoms with Crippen LogP contribution < -0.4 is 11.0 Å². The maximum Gasteiger partial charge on any atom is 0.341 e. The molecule has 2 aromatic carbocycles. The average molecular weight is 486 g/mol. The summed E-state index contributed by atoms with van der Waals surface area (Å²) in [6, 6.07) is 14.9. The number of nitrogens with zero attached hydrogens (tertiary/aromatic N) is 6. The summed E-state index contributed by atoms with van der Waals surface area (Å²) in [6.07, 6.45) is 5.11. The fraction of sp³-hybridized carbons (Fsp3) is 0.269. The Balaban J connectivity index is 1.70. The van der Waals surface area contributed by atoms with E-state index in [2.05, 4.69) is 21.5 Å². The molecule has 0 saturated heterocycles. The lowest BCUT2D eigenvalue weighted by atomic mass is 10.2. The molecular weight excluding hydrogens is 461 g/mol. The van der Waals surface area contributed by atoms with Crippen LogP contribution in [0.4, 0.5) is 9.18 Å². The molecule has 36 heavy (non-hydrogen) atoms. The Morgan fingerprint density at radius 2 is 1.92 bits per heavy atom. The minimum absolute atomic E-state index is 0.00725. The number of carbonyl (C=O) groups is 1. The molecule has 1 N–H and O–H groups in total. The highest BCUT2D eigenvalue weighted by Crippen LogP contribution is 2.26. The van der Waals surface area contributed by atoms with Crippen LogP contribution in [0.5, 0.6) is 0 Å². The van der Waals surface area contributed by atoms with Crippen molar-refractivity contribution in [3.05, 3.63) is 82.2 Å². The summed E-state index contributed by atoms with van der Waals surface area (Å²) in [5.74, 6) is 0.288. The van der Waals surface area contributed by atoms with Gasteiger partial charge in [0.15, 0.2) is 5.82 Å². The molecule has 1 aliphatic carbocycles. The molecule has 0 bridgehead atoms. The van der Waals surface area contributed by atoms with E-state index in [-0.39, 0.29) is 17.6 Å². The van der Waals surface area contributed by atoms with Crippen LogP contribution in [-0.4, -0.2) is 36.0 Å². The number of halogens is 1. The predicted molar refractivity (Wildman–Crippen MR) is 131 cm³/mol. The first kappa shape index (κ1) is 23.2. The van der Waals surface area contributed by atoms with Gasteiger partial charge < -0.3 is 5.32 Å². The summed E-state index contributed by atoms with van der Waals surface area (Å²) < 4.78 is 17.4. The zero-order valence-corrected chi connectivity index (χ0v) is 19.7. The maximum absolute atomic E-state index is 13.7. The molecule has 4 aromatic rings. The van der Waals surface area contributed by atoms with Crippen molar-refractivity contribution in [2.45, 2.75) is 45.3 Å². The zero-order valence-electron chi connectivity index (χ0n) is 19.7. The molecule has 0 atom stereocenters. The summed E-state index contributed by atoms with van der Waals surface area (Å²) in [5.41, 5.74) is 2.13. The minimum atomic E-state index is -0.676. The number of imidazole rings is 1. The normalized spacial score (nSPS) is 13.6. The second kappa shape index (κ2) is 9.62. The predicted octanol–water partition coefficient (Wildman–Crippen LogP) is 4.04. The van der Waals surface area contributed by atoms with E-state index in [1.165, 1.54) is 15.6 Å². The van der Waals surface area contributed by atoms with Crippen molar-refractivity contribution < 1.29 is 9.18 Å². The van der Waals surface area contributed by atoms with Gasteiger partial charge in [-0.05, 0) is 61.7 Å². The van der Waals surface area contributed by atoms with Gasteiger partial charge in [0.05, 0.1) is 28.7 Å². The Morgan fingerprint density at radius 3 is 2.61 bits per heavy atom. The van der Waals surface area contributed by atoms with Gasteiger partial charge in [0.1, 0.15) is 18.7 Å². The summed E-state index contributed by atoms with van der Waals surface area (Å²) >= 11 is 0. The van der Waals surface area contributed by atoms with Crippen LogP contribution in [0.25, 0.3) is 22.9 Å². The van der Waals surface area contributed by atoms with Gasteiger partial charge in [-0.3, -0.25) is 4.57 Å². The molecule has 0 unspecified atom stereocenters. The molecule has 1 saturated carbocycles. The van der Waals surface area contributed by atoms with Crippen LogP contribution in [0, 0.1) is 18.3 Å². The summed E-state index contributed by atoms with van der Waals surface area (Å²) in [6.45, 7) is 1.04. The quantitative estimate of drug-likeness (QED) is 0.459. The van der Waals surface area contributed by atoms with E-state index in [0.717, 1.165) is 30.3 Å². The second-order valence-electron chi connectivity index (χ2n) is 8.78. The van der Waals surface area contributed by atoms with Gasteiger partial charge in [-0.25, -0.2) is 28.2 Å². The van der Waals surface area contributed by atoms with Crippen LogP contribution in [0.3, 0.4) is 0 Å². The van der Waals surface area contributed by atoms with E-state index in [1.54, 1.807) is 55.5 Å². The molecule has 5 rings (SSSR count). The smallest absolute Gasteiger partial charge is 0.335 e. The van der Waals surface area contributed by atoms with E-state index in [4.69, 9.17) is 5.26 Å². The number of amides is 1. The SMILES string of the molecule is Cc1c(-c2ncnn2-c2ccc(C#N)cc2)n(C(=O)NC2CCCC2)c(=O)n1-c1cccc(CF)c1. The molecule has 0 radical (unpaired) electrons. The topological polar surface area (TPSA) is 111 Å². The van der Waals surface area contributed by atoms with Crippen LogP contribution in [0.2, 0.25) is 0 Å². The van der Waals surface area contributed by atoms with E-state index < -0.39 is 18.4 Å². The fourth-order valence-corrected chi connectivity index (χ4v) is 4.72. The number of aromatic nitrogens is 5. The third-order valence-electron chi connectivity index (χ3n) is 6.49. The van der Waals surface area contributed by atoms with Crippen molar-refractivity contribution in [2.75, 3.05) is 0 Å². The Hall–Kier alpha value is -4.52. The van der Waals surface area contributed by atoms with Gasteiger partial charge in [-0.2, -0.15) is 10.4 Å². The molecule has 1 aliphatic rings. The first-order valence-electron chi connectivity index (χ1n) is 11.7. The lowest BCUT2D eigenvalue weighted by Gasteiger charge is -2.14. The molecule has 1 amide bonds. The van der Waals surface area contributed by atoms with Crippen molar-refractivity contribution in [1.29, 1.82) is 5.26 Å². The summed E-state index contributed by atoms with van der Waals surface area (Å²) in [5, 5.41) is 16.4. The van der Waals surface area contributed by atoms with Gasteiger partial charge in [0.2, 0.25) is 0 Å². The highest BCUT2D eigenvalue weighted by molar-refractivity contribution is 5.82. The molecule has 2 heterocycles. The number of alkyl halides is 1. The number of benzene rings is 2. The maximum atomic E-state index is 13.7. The van der Waals surface area contributed by atoms with Crippen LogP contribution in [-0.2, 0) is 6.67 Å². The molecule has 9 nitrogen and oxygen atoms in total. The Labute approximate surface area is 206 Å². The van der Waals surface area contributed by atoms with Crippen molar-refractivity contribution in [1.82, 2.24) is 29.2 Å². The van der Waals surface area contributed by atoms with Gasteiger partial charge in [0.25, 0.3) is 0 Å². The first-order valence-corrected chi connectivity index (χ1v) is 11.7. The number of nitriles is 1. The summed E-state index contributed by atoms with van der Waals surface area (Å²) in [7, 11) is 0. The number of carbonyl (C=O) groups excluding carboxylic acids is 1.